The molecule has 0 spiro atoms. The third-order valence-electron chi connectivity index (χ3n) is 3.11. The van der Waals surface area contributed by atoms with E-state index in [1.54, 1.807) is 24.4 Å². The molecule has 7 nitrogen and oxygen atoms in total. The first-order chi connectivity index (χ1) is 10.3. The number of esters is 1. The summed E-state index contributed by atoms with van der Waals surface area (Å²) < 4.78 is 10.6. The number of hydrazine groups is 2. The summed E-state index contributed by atoms with van der Waals surface area (Å²) in [6, 6.07) is 5.51. The zero-order valence-corrected chi connectivity index (χ0v) is 13.3. The second-order valence-corrected chi connectivity index (χ2v) is 5.99. The summed E-state index contributed by atoms with van der Waals surface area (Å²) in [5, 5.41) is 1.63. The number of benzene rings is 1. The van der Waals surface area contributed by atoms with E-state index in [0.717, 1.165) is 11.3 Å². The predicted octanol–water partition coefficient (Wildman–Crippen LogP) is 1.45. The largest absolute Gasteiger partial charge is 0.494 e. The van der Waals surface area contributed by atoms with Gasteiger partial charge in [0, 0.05) is 11.8 Å². The Morgan fingerprint density at radius 2 is 2.09 bits per heavy atom. The van der Waals surface area contributed by atoms with Crippen molar-refractivity contribution in [2.45, 2.75) is 20.8 Å². The van der Waals surface area contributed by atoms with Crippen molar-refractivity contribution in [3.63, 3.8) is 0 Å². The Morgan fingerprint density at radius 3 is 2.73 bits per heavy atom. The molecular formula is C15H22N4O3. The molecule has 1 heterocycles. The molecule has 2 rings (SSSR count). The van der Waals surface area contributed by atoms with Crippen molar-refractivity contribution in [3.05, 3.63) is 30.0 Å². The second kappa shape index (κ2) is 6.15. The standard InChI is InChI=1S/C15H22N4O3/c1-15(2,3)14(20)22-9-19-8-12(17-18-19)10-6-5-7-11(16)13(10)21-4/h5-8,17-18H,9,16H2,1-4H3. The zero-order chi connectivity index (χ0) is 16.3. The molecule has 0 radical (unpaired) electrons. The lowest BCUT2D eigenvalue weighted by Gasteiger charge is -2.20. The molecule has 0 aromatic heterocycles. The first-order valence-corrected chi connectivity index (χ1v) is 6.93. The van der Waals surface area contributed by atoms with Crippen LogP contribution in [0.2, 0.25) is 0 Å². The van der Waals surface area contributed by atoms with Crippen LogP contribution in [0.5, 0.6) is 5.75 Å². The highest BCUT2D eigenvalue weighted by Crippen LogP contribution is 2.31. The summed E-state index contributed by atoms with van der Waals surface area (Å²) in [5.41, 5.74) is 13.4. The van der Waals surface area contributed by atoms with E-state index in [-0.39, 0.29) is 12.7 Å². The van der Waals surface area contributed by atoms with Crippen molar-refractivity contribution < 1.29 is 14.3 Å². The molecule has 7 heteroatoms. The van der Waals surface area contributed by atoms with Gasteiger partial charge in [-0.05, 0) is 32.9 Å². The molecular weight excluding hydrogens is 284 g/mol. The Hall–Kier alpha value is -2.41. The number of rotatable bonds is 4. The average Bonchev–Trinajstić information content (AvgIpc) is 2.92. The number of ether oxygens (including phenoxy) is 2. The number of nitrogens with one attached hydrogen (secondary N) is 2. The molecule has 1 aliphatic heterocycles. The van der Waals surface area contributed by atoms with E-state index in [4.69, 9.17) is 15.2 Å². The predicted molar refractivity (Wildman–Crippen MR) is 83.9 cm³/mol. The van der Waals surface area contributed by atoms with E-state index in [2.05, 4.69) is 11.0 Å². The number of para-hydroxylation sites is 1. The third kappa shape index (κ3) is 3.43. The van der Waals surface area contributed by atoms with Crippen molar-refractivity contribution >= 4 is 17.4 Å². The average molecular weight is 306 g/mol. The SMILES string of the molecule is COc1c(N)cccc1C1=CN(COC(=O)C(C)(C)C)NN1. The summed E-state index contributed by atoms with van der Waals surface area (Å²) >= 11 is 0. The van der Waals surface area contributed by atoms with Crippen LogP contribution < -0.4 is 21.4 Å². The van der Waals surface area contributed by atoms with E-state index in [9.17, 15) is 4.79 Å². The minimum Gasteiger partial charge on any atom is -0.494 e. The summed E-state index contributed by atoms with van der Waals surface area (Å²) in [4.78, 5) is 11.8. The lowest BCUT2D eigenvalue weighted by Crippen LogP contribution is -2.39. The maximum absolute atomic E-state index is 11.8. The van der Waals surface area contributed by atoms with Crippen molar-refractivity contribution in [2.24, 2.45) is 5.41 Å². The van der Waals surface area contributed by atoms with Crippen molar-refractivity contribution in [1.82, 2.24) is 16.0 Å². The van der Waals surface area contributed by atoms with E-state index in [1.165, 1.54) is 0 Å². The topological polar surface area (TPSA) is 88.8 Å². The normalized spacial score (nSPS) is 14.4. The van der Waals surface area contributed by atoms with Gasteiger partial charge < -0.3 is 20.6 Å². The van der Waals surface area contributed by atoms with Crippen LogP contribution in [0.1, 0.15) is 26.3 Å². The Balaban J connectivity index is 2.07. The summed E-state index contributed by atoms with van der Waals surface area (Å²) in [7, 11) is 1.57. The summed E-state index contributed by atoms with van der Waals surface area (Å²) in [6.45, 7) is 5.52. The lowest BCUT2D eigenvalue weighted by atomic mass is 9.98. The molecule has 22 heavy (non-hydrogen) atoms. The van der Waals surface area contributed by atoms with Gasteiger partial charge in [0.25, 0.3) is 0 Å². The number of carbonyl (C=O) groups excluding carboxylic acids is 1. The van der Waals surface area contributed by atoms with Crippen LogP contribution in [0, 0.1) is 5.41 Å². The van der Waals surface area contributed by atoms with Gasteiger partial charge in [0.15, 0.2) is 12.5 Å². The van der Waals surface area contributed by atoms with E-state index in [1.807, 2.05) is 32.9 Å². The first kappa shape index (κ1) is 16.0. The van der Waals surface area contributed by atoms with Crippen molar-refractivity contribution in [2.75, 3.05) is 19.6 Å². The molecule has 0 saturated carbocycles. The molecule has 0 aliphatic carbocycles. The fourth-order valence-corrected chi connectivity index (χ4v) is 1.90. The smallest absolute Gasteiger partial charge is 0.312 e. The van der Waals surface area contributed by atoms with Gasteiger partial charge >= 0.3 is 5.97 Å². The van der Waals surface area contributed by atoms with Crippen LogP contribution in [0.25, 0.3) is 5.70 Å². The number of nitrogens with zero attached hydrogens (tertiary/aromatic N) is 1. The monoisotopic (exact) mass is 306 g/mol. The highest BCUT2D eigenvalue weighted by atomic mass is 16.5. The van der Waals surface area contributed by atoms with E-state index >= 15 is 0 Å². The summed E-state index contributed by atoms with van der Waals surface area (Å²) in [5.74, 6) is 0.328. The molecule has 1 aliphatic rings. The van der Waals surface area contributed by atoms with Crippen LogP contribution in [0.15, 0.2) is 24.4 Å². The Morgan fingerprint density at radius 1 is 1.36 bits per heavy atom. The van der Waals surface area contributed by atoms with Gasteiger partial charge in [-0.1, -0.05) is 6.07 Å². The Bertz CT molecular complexity index is 593. The van der Waals surface area contributed by atoms with E-state index in [0.29, 0.717) is 11.4 Å². The molecule has 0 amide bonds. The third-order valence-corrected chi connectivity index (χ3v) is 3.11. The van der Waals surface area contributed by atoms with E-state index < -0.39 is 5.41 Å². The zero-order valence-electron chi connectivity index (χ0n) is 13.3. The molecule has 0 atom stereocenters. The lowest BCUT2D eigenvalue weighted by molar-refractivity contribution is -0.157. The number of methoxy groups -OCH3 is 1. The molecule has 0 unspecified atom stereocenters. The minimum absolute atomic E-state index is 0.0945. The fraction of sp³-hybridized carbons (Fsp3) is 0.400. The van der Waals surface area contributed by atoms with Crippen LogP contribution >= 0.6 is 0 Å². The molecule has 0 saturated heterocycles. The maximum atomic E-state index is 11.8. The second-order valence-electron chi connectivity index (χ2n) is 5.99. The van der Waals surface area contributed by atoms with Crippen LogP contribution in [0.4, 0.5) is 5.69 Å². The molecule has 4 N–H and O–H groups in total. The van der Waals surface area contributed by atoms with Gasteiger partial charge in [0.05, 0.1) is 23.9 Å². The van der Waals surface area contributed by atoms with Crippen molar-refractivity contribution in [1.29, 1.82) is 0 Å². The Kier molecular flexibility index (Phi) is 4.46. The first-order valence-electron chi connectivity index (χ1n) is 6.93. The van der Waals surface area contributed by atoms with Crippen LogP contribution in [0.3, 0.4) is 0 Å². The van der Waals surface area contributed by atoms with Gasteiger partial charge in [-0.3, -0.25) is 9.80 Å². The maximum Gasteiger partial charge on any atom is 0.312 e. The number of nitrogen functional groups attached to an aromatic ring is 1. The number of carbonyl (C=O) groups is 1. The van der Waals surface area contributed by atoms with Gasteiger partial charge in [0.1, 0.15) is 0 Å². The summed E-state index contributed by atoms with van der Waals surface area (Å²) in [6.07, 6.45) is 1.78. The van der Waals surface area contributed by atoms with Crippen LogP contribution in [-0.2, 0) is 9.53 Å². The quantitative estimate of drug-likeness (QED) is 0.573. The number of nitrogens with two attached hydrogens (primary N) is 1. The van der Waals surface area contributed by atoms with Gasteiger partial charge in [0.2, 0.25) is 0 Å². The molecule has 0 fully saturated rings. The van der Waals surface area contributed by atoms with Gasteiger partial charge in [-0.15, -0.1) is 5.53 Å². The Labute approximate surface area is 130 Å². The van der Waals surface area contributed by atoms with Gasteiger partial charge in [-0.2, -0.15) is 0 Å². The highest BCUT2D eigenvalue weighted by Gasteiger charge is 2.24. The van der Waals surface area contributed by atoms with Crippen molar-refractivity contribution in [3.8, 4) is 5.75 Å². The minimum atomic E-state index is -0.531. The molecule has 1 aromatic carbocycles. The van der Waals surface area contributed by atoms with Gasteiger partial charge in [-0.25, -0.2) is 0 Å². The van der Waals surface area contributed by atoms with Crippen LogP contribution in [-0.4, -0.2) is 24.8 Å². The highest BCUT2D eigenvalue weighted by molar-refractivity contribution is 5.76. The number of anilines is 1. The number of hydrogen-bond acceptors (Lipinski definition) is 7. The number of hydrogen-bond donors (Lipinski definition) is 3. The molecule has 0 bridgehead atoms. The molecule has 120 valence electrons. The molecule has 1 aromatic rings. The fourth-order valence-electron chi connectivity index (χ4n) is 1.90.